The Balaban J connectivity index is 1.44. The van der Waals surface area contributed by atoms with E-state index in [-0.39, 0.29) is 0 Å². The molecule has 0 aliphatic carbocycles. The molecule has 2 heterocycles. The van der Waals surface area contributed by atoms with E-state index in [9.17, 15) is 5.11 Å². The molecule has 0 radical (unpaired) electrons. The molecule has 2 aromatic rings. The van der Waals surface area contributed by atoms with Crippen molar-refractivity contribution in [1.29, 1.82) is 0 Å². The van der Waals surface area contributed by atoms with Crippen LogP contribution < -0.4 is 4.74 Å². The minimum atomic E-state index is -0.485. The van der Waals surface area contributed by atoms with Gasteiger partial charge in [-0.1, -0.05) is 18.2 Å². The standard InChI is InChI=1S/C19H28N4O2/c1-13-5-4-6-14(2)18(13)25-12-17(24)11-23-9-7-16(8-10-23)19-20-15(3)21-22-19/h4-6,16-17,24H,7-12H2,1-3H3,(H,20,21,22). The predicted molar refractivity (Wildman–Crippen MR) is 97.0 cm³/mol. The second-order valence-corrected chi connectivity index (χ2v) is 7.04. The average Bonchev–Trinajstić information content (AvgIpc) is 3.01. The zero-order chi connectivity index (χ0) is 17.8. The number of piperidine rings is 1. The Bertz CT molecular complexity index is 672. The van der Waals surface area contributed by atoms with E-state index >= 15 is 0 Å². The number of likely N-dealkylation sites (tertiary alicyclic amines) is 1. The molecule has 1 aromatic heterocycles. The number of aliphatic hydroxyl groups excluding tert-OH is 1. The SMILES string of the molecule is Cc1nc(C2CCN(CC(O)COc3c(C)cccc3C)CC2)n[nH]1. The molecule has 25 heavy (non-hydrogen) atoms. The van der Waals surface area contributed by atoms with Gasteiger partial charge in [-0.2, -0.15) is 5.10 Å². The molecule has 136 valence electrons. The van der Waals surface area contributed by atoms with Gasteiger partial charge in [0, 0.05) is 12.5 Å². The highest BCUT2D eigenvalue weighted by molar-refractivity contribution is 5.39. The van der Waals surface area contributed by atoms with Crippen LogP contribution in [-0.4, -0.2) is 57.5 Å². The zero-order valence-electron chi connectivity index (χ0n) is 15.3. The number of para-hydroxylation sites is 1. The number of hydrogen-bond acceptors (Lipinski definition) is 5. The summed E-state index contributed by atoms with van der Waals surface area (Å²) in [4.78, 5) is 6.75. The second-order valence-electron chi connectivity index (χ2n) is 7.04. The molecule has 1 aromatic carbocycles. The number of rotatable bonds is 6. The number of benzene rings is 1. The first-order valence-electron chi connectivity index (χ1n) is 9.01. The van der Waals surface area contributed by atoms with Crippen molar-refractivity contribution >= 4 is 0 Å². The van der Waals surface area contributed by atoms with Gasteiger partial charge in [-0.05, 0) is 57.8 Å². The minimum Gasteiger partial charge on any atom is -0.490 e. The lowest BCUT2D eigenvalue weighted by molar-refractivity contribution is 0.0587. The molecule has 0 saturated carbocycles. The summed E-state index contributed by atoms with van der Waals surface area (Å²) in [6, 6.07) is 6.09. The number of hydrogen-bond donors (Lipinski definition) is 2. The highest BCUT2D eigenvalue weighted by Gasteiger charge is 2.24. The first-order valence-corrected chi connectivity index (χ1v) is 9.01. The molecule has 1 aliphatic heterocycles. The quantitative estimate of drug-likeness (QED) is 0.841. The summed E-state index contributed by atoms with van der Waals surface area (Å²) in [6.07, 6.45) is 1.57. The van der Waals surface area contributed by atoms with Crippen LogP contribution in [0.2, 0.25) is 0 Å². The Kier molecular flexibility index (Phi) is 5.71. The van der Waals surface area contributed by atoms with Crippen LogP contribution in [0.4, 0.5) is 0 Å². The van der Waals surface area contributed by atoms with Crippen molar-refractivity contribution in [3.63, 3.8) is 0 Å². The van der Waals surface area contributed by atoms with Crippen molar-refractivity contribution in [1.82, 2.24) is 20.1 Å². The van der Waals surface area contributed by atoms with Crippen LogP contribution in [0.5, 0.6) is 5.75 Å². The third kappa shape index (κ3) is 4.58. The van der Waals surface area contributed by atoms with Crippen molar-refractivity contribution in [2.45, 2.75) is 45.6 Å². The van der Waals surface area contributed by atoms with E-state index < -0.39 is 6.10 Å². The summed E-state index contributed by atoms with van der Waals surface area (Å²) in [7, 11) is 0. The zero-order valence-corrected chi connectivity index (χ0v) is 15.3. The first kappa shape index (κ1) is 17.9. The Hall–Kier alpha value is -1.92. The van der Waals surface area contributed by atoms with Gasteiger partial charge in [-0.25, -0.2) is 4.98 Å². The lowest BCUT2D eigenvalue weighted by atomic mass is 9.96. The van der Waals surface area contributed by atoms with E-state index in [1.165, 1.54) is 0 Å². The molecule has 1 aliphatic rings. The molecule has 1 atom stereocenters. The van der Waals surface area contributed by atoms with Crippen molar-refractivity contribution in [3.8, 4) is 5.75 Å². The third-order valence-electron chi connectivity index (χ3n) is 4.87. The van der Waals surface area contributed by atoms with Gasteiger partial charge < -0.3 is 14.7 Å². The Labute approximate surface area is 149 Å². The highest BCUT2D eigenvalue weighted by Crippen LogP contribution is 2.26. The van der Waals surface area contributed by atoms with Gasteiger partial charge in [0.15, 0.2) is 5.82 Å². The smallest absolute Gasteiger partial charge is 0.153 e. The summed E-state index contributed by atoms with van der Waals surface area (Å²) in [5, 5.41) is 17.5. The number of aromatic nitrogens is 3. The predicted octanol–water partition coefficient (Wildman–Crippen LogP) is 2.35. The fourth-order valence-corrected chi connectivity index (χ4v) is 3.47. The number of aryl methyl sites for hydroxylation is 3. The van der Waals surface area contributed by atoms with Crippen molar-refractivity contribution in [3.05, 3.63) is 41.0 Å². The van der Waals surface area contributed by atoms with Crippen LogP contribution >= 0.6 is 0 Å². The molecule has 2 N–H and O–H groups in total. The number of aromatic amines is 1. The maximum atomic E-state index is 10.3. The average molecular weight is 344 g/mol. The summed E-state index contributed by atoms with van der Waals surface area (Å²) in [6.45, 7) is 8.88. The molecule has 6 heteroatoms. The summed E-state index contributed by atoms with van der Waals surface area (Å²) in [5.74, 6) is 3.11. The van der Waals surface area contributed by atoms with Crippen molar-refractivity contribution < 1.29 is 9.84 Å². The van der Waals surface area contributed by atoms with E-state index in [1.54, 1.807) is 0 Å². The topological polar surface area (TPSA) is 74.3 Å². The van der Waals surface area contributed by atoms with E-state index in [2.05, 4.69) is 20.1 Å². The molecule has 0 spiro atoms. The van der Waals surface area contributed by atoms with Gasteiger partial charge in [-0.3, -0.25) is 5.10 Å². The normalized spacial score (nSPS) is 17.6. The number of nitrogens with one attached hydrogen (secondary N) is 1. The van der Waals surface area contributed by atoms with Crippen LogP contribution in [0, 0.1) is 20.8 Å². The Morgan fingerprint density at radius 1 is 1.24 bits per heavy atom. The fraction of sp³-hybridized carbons (Fsp3) is 0.579. The van der Waals surface area contributed by atoms with Crippen molar-refractivity contribution in [2.24, 2.45) is 0 Å². The molecule has 3 rings (SSSR count). The minimum absolute atomic E-state index is 0.325. The Morgan fingerprint density at radius 2 is 1.92 bits per heavy atom. The maximum absolute atomic E-state index is 10.3. The van der Waals surface area contributed by atoms with E-state index in [0.717, 1.165) is 54.5 Å². The van der Waals surface area contributed by atoms with Crippen LogP contribution in [0.3, 0.4) is 0 Å². The van der Waals surface area contributed by atoms with Gasteiger partial charge >= 0.3 is 0 Å². The number of nitrogens with zero attached hydrogens (tertiary/aromatic N) is 3. The summed E-state index contributed by atoms with van der Waals surface area (Å²) in [5.41, 5.74) is 2.21. The van der Waals surface area contributed by atoms with Gasteiger partial charge in [0.05, 0.1) is 0 Å². The number of H-pyrrole nitrogens is 1. The van der Waals surface area contributed by atoms with E-state index in [0.29, 0.717) is 19.1 Å². The second kappa shape index (κ2) is 7.97. The lowest BCUT2D eigenvalue weighted by Crippen LogP contribution is -2.40. The van der Waals surface area contributed by atoms with Crippen LogP contribution in [0.1, 0.15) is 41.5 Å². The largest absolute Gasteiger partial charge is 0.490 e. The van der Waals surface area contributed by atoms with Gasteiger partial charge in [0.2, 0.25) is 0 Å². The van der Waals surface area contributed by atoms with Crippen LogP contribution in [0.25, 0.3) is 0 Å². The van der Waals surface area contributed by atoms with Crippen LogP contribution in [-0.2, 0) is 0 Å². The van der Waals surface area contributed by atoms with Crippen LogP contribution in [0.15, 0.2) is 18.2 Å². The molecule has 0 amide bonds. The monoisotopic (exact) mass is 344 g/mol. The molecule has 0 bridgehead atoms. The van der Waals surface area contributed by atoms with Gasteiger partial charge in [0.1, 0.15) is 24.3 Å². The molecule has 1 fully saturated rings. The highest BCUT2D eigenvalue weighted by atomic mass is 16.5. The number of ether oxygens (including phenoxy) is 1. The number of aliphatic hydroxyl groups is 1. The van der Waals surface area contributed by atoms with Gasteiger partial charge in [0.25, 0.3) is 0 Å². The van der Waals surface area contributed by atoms with E-state index in [1.807, 2.05) is 39.0 Å². The maximum Gasteiger partial charge on any atom is 0.153 e. The number of β-amino-alcohol motifs (C(OH)–C–C–N with tert-alkyl or cyclic N) is 1. The molecule has 6 nitrogen and oxygen atoms in total. The molecule has 1 saturated heterocycles. The van der Waals surface area contributed by atoms with E-state index in [4.69, 9.17) is 4.74 Å². The molecular weight excluding hydrogens is 316 g/mol. The first-order chi connectivity index (χ1) is 12.0. The molecule has 1 unspecified atom stereocenters. The van der Waals surface area contributed by atoms with Gasteiger partial charge in [-0.15, -0.1) is 0 Å². The Morgan fingerprint density at radius 3 is 2.52 bits per heavy atom. The third-order valence-corrected chi connectivity index (χ3v) is 4.87. The lowest BCUT2D eigenvalue weighted by Gasteiger charge is -2.32. The summed E-state index contributed by atoms with van der Waals surface area (Å²) >= 11 is 0. The molecular formula is C19H28N4O2. The summed E-state index contributed by atoms with van der Waals surface area (Å²) < 4.78 is 5.86. The van der Waals surface area contributed by atoms with Crippen molar-refractivity contribution in [2.75, 3.05) is 26.2 Å². The fourth-order valence-electron chi connectivity index (χ4n) is 3.47.